The standard InChI is InChI=1S/C49H47N5/c1-31-13-10-18-36(27-31)47-50-46(34-16-6-5-7-17-34)53-48(54(47)53)52-42-22-9-8-20-39(42)40-29-35(23-25-43(40)52)37-24-26-44-49(4,30-37)41-21-12-15-33(3)45(41)51(44)38-19-11-14-32(2)28-38/h5-14,16-26,28-29,31,33,46-48,50H,15,27,30H2,1-4H3. The van der Waals surface area contributed by atoms with Crippen LogP contribution in [0, 0.1) is 24.2 Å². The highest BCUT2D eigenvalue weighted by atomic mass is 16.0. The first-order valence-electron chi connectivity index (χ1n) is 19.9. The van der Waals surface area contributed by atoms with Gasteiger partial charge >= 0.3 is 0 Å². The van der Waals surface area contributed by atoms with E-state index in [1.807, 2.05) is 0 Å². The molecule has 2 saturated heterocycles. The summed E-state index contributed by atoms with van der Waals surface area (Å²) in [4.78, 5) is 2.59. The molecule has 3 aliphatic carbocycles. The number of benzene rings is 4. The average Bonchev–Trinajstić information content (AvgIpc) is 3.48. The number of hydrazine groups is 1. The lowest BCUT2D eigenvalue weighted by Gasteiger charge is -2.35. The predicted molar refractivity (Wildman–Crippen MR) is 222 cm³/mol. The highest BCUT2D eigenvalue weighted by Crippen LogP contribution is 2.59. The van der Waals surface area contributed by atoms with Crippen molar-refractivity contribution in [1.29, 1.82) is 0 Å². The van der Waals surface area contributed by atoms with Crippen LogP contribution in [0.3, 0.4) is 0 Å². The molecule has 2 fully saturated rings. The summed E-state index contributed by atoms with van der Waals surface area (Å²) in [6.07, 6.45) is 20.1. The maximum Gasteiger partial charge on any atom is 0.173 e. The third-order valence-corrected chi connectivity index (χ3v) is 13.0. The Bertz CT molecular complexity index is 2560. The van der Waals surface area contributed by atoms with Gasteiger partial charge in [0.05, 0.1) is 11.0 Å². The van der Waals surface area contributed by atoms with Gasteiger partial charge in [0.1, 0.15) is 12.3 Å². The molecule has 0 saturated carbocycles. The Labute approximate surface area is 318 Å². The number of aryl methyl sites for hydroxylation is 1. The number of para-hydroxylation sites is 1. The first kappa shape index (κ1) is 32.2. The third-order valence-electron chi connectivity index (χ3n) is 13.0. The summed E-state index contributed by atoms with van der Waals surface area (Å²) in [5, 5.41) is 11.8. The van der Waals surface area contributed by atoms with Crippen LogP contribution in [-0.2, 0) is 0 Å². The summed E-state index contributed by atoms with van der Waals surface area (Å²) < 4.78 is 2.59. The van der Waals surface area contributed by atoms with Gasteiger partial charge in [0, 0.05) is 39.2 Å². The Morgan fingerprint density at radius 1 is 0.778 bits per heavy atom. The fraction of sp³-hybridized carbons (Fsp3) is 0.265. The Hall–Kier alpha value is -5.20. The van der Waals surface area contributed by atoms with E-state index in [1.165, 1.54) is 72.3 Å². The fourth-order valence-corrected chi connectivity index (χ4v) is 10.4. The molecule has 0 spiro atoms. The molecule has 0 amide bonds. The summed E-state index contributed by atoms with van der Waals surface area (Å²) in [7, 11) is 0. The molecule has 4 heterocycles. The van der Waals surface area contributed by atoms with Crippen molar-refractivity contribution in [1.82, 2.24) is 19.9 Å². The van der Waals surface area contributed by atoms with Gasteiger partial charge in [-0.05, 0) is 109 Å². The van der Waals surface area contributed by atoms with Gasteiger partial charge in [-0.15, -0.1) is 0 Å². The van der Waals surface area contributed by atoms with Crippen molar-refractivity contribution >= 4 is 33.1 Å². The molecule has 6 aliphatic rings. The number of allylic oxidation sites excluding steroid dienone is 10. The number of hydrogen-bond acceptors (Lipinski definition) is 4. The molecule has 5 nitrogen and oxygen atoms in total. The third kappa shape index (κ3) is 4.68. The van der Waals surface area contributed by atoms with Gasteiger partial charge in [-0.1, -0.05) is 117 Å². The number of rotatable bonds is 5. The van der Waals surface area contributed by atoms with Crippen molar-refractivity contribution in [2.75, 3.05) is 4.90 Å². The van der Waals surface area contributed by atoms with E-state index in [-0.39, 0.29) is 24.0 Å². The monoisotopic (exact) mass is 705 g/mol. The van der Waals surface area contributed by atoms with Gasteiger partial charge in [-0.3, -0.25) is 5.32 Å². The van der Waals surface area contributed by atoms with Crippen LogP contribution in [0.5, 0.6) is 0 Å². The minimum atomic E-state index is -0.0989. The second-order valence-corrected chi connectivity index (χ2v) is 16.7. The number of anilines is 1. The van der Waals surface area contributed by atoms with Crippen LogP contribution in [0.15, 0.2) is 162 Å². The molecule has 5 heteroatoms. The fourth-order valence-electron chi connectivity index (χ4n) is 10.4. The van der Waals surface area contributed by atoms with E-state index < -0.39 is 0 Å². The van der Waals surface area contributed by atoms with Crippen LogP contribution in [-0.4, -0.2) is 20.8 Å². The summed E-state index contributed by atoms with van der Waals surface area (Å²) in [5.41, 5.74) is 14.9. The predicted octanol–water partition coefficient (Wildman–Crippen LogP) is 11.3. The molecule has 1 N–H and O–H groups in total. The minimum Gasteiger partial charge on any atom is -0.316 e. The molecular weight excluding hydrogens is 659 g/mol. The molecule has 0 radical (unpaired) electrons. The number of nitrogens with one attached hydrogen (secondary N) is 1. The van der Waals surface area contributed by atoms with Gasteiger partial charge in [-0.25, -0.2) is 0 Å². The summed E-state index contributed by atoms with van der Waals surface area (Å²) in [5.74, 6) is 1.01. The molecule has 4 aromatic carbocycles. The Morgan fingerprint density at radius 3 is 2.44 bits per heavy atom. The smallest absolute Gasteiger partial charge is 0.173 e. The van der Waals surface area contributed by atoms with Crippen LogP contribution in [0.2, 0.25) is 0 Å². The molecule has 8 atom stereocenters. The van der Waals surface area contributed by atoms with Crippen molar-refractivity contribution in [3.8, 4) is 0 Å². The molecular formula is C49H47N5. The SMILES string of the molecule is Cc1cccc(N2C3=CC=C(c4ccc5c(c4)c4ccccc4n5C4N5C(C6=CC=CC(C)C6)NC(c6ccccc6)N45)CC3(C)C3=C2C(C)CC=C3)c1. The quantitative estimate of drug-likeness (QED) is 0.184. The van der Waals surface area contributed by atoms with E-state index in [1.54, 1.807) is 0 Å². The first-order valence-corrected chi connectivity index (χ1v) is 19.9. The van der Waals surface area contributed by atoms with E-state index in [9.17, 15) is 0 Å². The molecule has 8 unspecified atom stereocenters. The van der Waals surface area contributed by atoms with E-state index in [0.29, 0.717) is 11.8 Å². The summed E-state index contributed by atoms with van der Waals surface area (Å²) >= 11 is 0. The van der Waals surface area contributed by atoms with Gasteiger partial charge in [0.25, 0.3) is 0 Å². The number of nitrogens with zero attached hydrogens (tertiary/aromatic N) is 4. The lowest BCUT2D eigenvalue weighted by molar-refractivity contribution is 0.318. The van der Waals surface area contributed by atoms with E-state index in [0.717, 1.165) is 19.3 Å². The normalized spacial score (nSPS) is 31.0. The molecule has 268 valence electrons. The van der Waals surface area contributed by atoms with Gasteiger partial charge in [-0.2, -0.15) is 10.0 Å². The number of fused-ring (bicyclic) bond motifs is 6. The average molecular weight is 706 g/mol. The maximum absolute atomic E-state index is 4.01. The van der Waals surface area contributed by atoms with Crippen LogP contribution < -0.4 is 10.2 Å². The molecule has 1 aromatic heterocycles. The second kappa shape index (κ2) is 11.9. The van der Waals surface area contributed by atoms with Crippen LogP contribution in [0.1, 0.15) is 69.2 Å². The summed E-state index contributed by atoms with van der Waals surface area (Å²) in [6.45, 7) is 9.39. The van der Waals surface area contributed by atoms with Crippen molar-refractivity contribution < 1.29 is 0 Å². The van der Waals surface area contributed by atoms with Crippen LogP contribution >= 0.6 is 0 Å². The van der Waals surface area contributed by atoms with E-state index in [2.05, 4.69) is 192 Å². The van der Waals surface area contributed by atoms with Crippen molar-refractivity contribution in [2.24, 2.45) is 17.3 Å². The maximum atomic E-state index is 4.01. The zero-order valence-electron chi connectivity index (χ0n) is 31.6. The molecule has 0 bridgehead atoms. The van der Waals surface area contributed by atoms with Crippen LogP contribution in [0.4, 0.5) is 5.69 Å². The number of hydrogen-bond donors (Lipinski definition) is 1. The molecule has 5 aromatic rings. The van der Waals surface area contributed by atoms with Crippen LogP contribution in [0.25, 0.3) is 27.4 Å². The zero-order chi connectivity index (χ0) is 36.3. The van der Waals surface area contributed by atoms with Crippen molar-refractivity contribution in [3.63, 3.8) is 0 Å². The second-order valence-electron chi connectivity index (χ2n) is 16.7. The molecule has 54 heavy (non-hydrogen) atoms. The highest BCUT2D eigenvalue weighted by molar-refractivity contribution is 6.09. The van der Waals surface area contributed by atoms with Gasteiger partial charge in [0.2, 0.25) is 0 Å². The summed E-state index contributed by atoms with van der Waals surface area (Å²) in [6, 6.07) is 36.3. The number of aromatic nitrogens is 1. The zero-order valence-corrected chi connectivity index (χ0v) is 31.6. The Kier molecular flexibility index (Phi) is 7.11. The Morgan fingerprint density at radius 2 is 1.59 bits per heavy atom. The first-order chi connectivity index (χ1) is 26.4. The topological polar surface area (TPSA) is 26.2 Å². The lowest BCUT2D eigenvalue weighted by Crippen LogP contribution is -2.37. The van der Waals surface area contributed by atoms with Crippen molar-refractivity contribution in [3.05, 3.63) is 179 Å². The van der Waals surface area contributed by atoms with E-state index in [4.69, 9.17) is 0 Å². The minimum absolute atomic E-state index is 0.0989. The lowest BCUT2D eigenvalue weighted by atomic mass is 9.70. The molecule has 11 rings (SSSR count). The van der Waals surface area contributed by atoms with Gasteiger partial charge < -0.3 is 9.47 Å². The van der Waals surface area contributed by atoms with E-state index >= 15 is 0 Å². The molecule has 3 aliphatic heterocycles. The highest BCUT2D eigenvalue weighted by Gasteiger charge is 2.62. The largest absolute Gasteiger partial charge is 0.316 e. The van der Waals surface area contributed by atoms with Gasteiger partial charge in [0.15, 0.2) is 6.29 Å². The van der Waals surface area contributed by atoms with Crippen molar-refractivity contribution in [2.45, 2.75) is 65.6 Å². The Balaban J connectivity index is 1.01.